The summed E-state index contributed by atoms with van der Waals surface area (Å²) in [6.45, 7) is 8.98. The number of likely N-dealkylation sites (N-methyl/N-ethyl adjacent to an activating group) is 1. The van der Waals surface area contributed by atoms with Gasteiger partial charge in [-0.15, -0.1) is 0 Å². The van der Waals surface area contributed by atoms with E-state index in [4.69, 9.17) is 4.74 Å². The summed E-state index contributed by atoms with van der Waals surface area (Å²) in [6.07, 6.45) is 5.05. The number of likely N-dealkylation sites (tertiary alicyclic amines) is 1. The van der Waals surface area contributed by atoms with Gasteiger partial charge >= 0.3 is 6.09 Å². The summed E-state index contributed by atoms with van der Waals surface area (Å²) in [5.74, 6) is 0. The largest absolute Gasteiger partial charge is 0.444 e. The van der Waals surface area contributed by atoms with Crippen LogP contribution in [0.25, 0.3) is 0 Å². The van der Waals surface area contributed by atoms with E-state index < -0.39 is 5.60 Å². The van der Waals surface area contributed by atoms with E-state index in [-0.39, 0.29) is 6.09 Å². The Morgan fingerprint density at radius 1 is 1.36 bits per heavy atom. The number of hydrogen-bond acceptors (Lipinski definition) is 5. The predicted molar refractivity (Wildman–Crippen MR) is 83.5 cm³/mol. The van der Waals surface area contributed by atoms with Crippen LogP contribution >= 0.6 is 0 Å². The third kappa shape index (κ3) is 4.98. The zero-order chi connectivity index (χ0) is 16.2. The molecule has 0 saturated carbocycles. The minimum absolute atomic E-state index is 0.198. The van der Waals surface area contributed by atoms with Crippen molar-refractivity contribution in [2.45, 2.75) is 51.8 Å². The van der Waals surface area contributed by atoms with Crippen molar-refractivity contribution in [3.63, 3.8) is 0 Å². The molecule has 1 aliphatic rings. The summed E-state index contributed by atoms with van der Waals surface area (Å²) in [7, 11) is 2.13. The van der Waals surface area contributed by atoms with Crippen molar-refractivity contribution in [3.8, 4) is 0 Å². The van der Waals surface area contributed by atoms with Crippen LogP contribution in [0.4, 0.5) is 4.79 Å². The van der Waals surface area contributed by atoms with Crippen molar-refractivity contribution < 1.29 is 9.53 Å². The number of rotatable bonds is 4. The topological polar surface area (TPSA) is 63.5 Å². The lowest BCUT2D eigenvalue weighted by atomic mass is 10.0. The first kappa shape index (κ1) is 16.7. The van der Waals surface area contributed by atoms with Crippen LogP contribution in [0.15, 0.2) is 12.7 Å². The molecule has 124 valence electrons. The van der Waals surface area contributed by atoms with Gasteiger partial charge in [-0.05, 0) is 40.7 Å². The molecule has 0 unspecified atom stereocenters. The molecule has 0 bridgehead atoms. The highest BCUT2D eigenvalue weighted by Crippen LogP contribution is 2.18. The summed E-state index contributed by atoms with van der Waals surface area (Å²) < 4.78 is 7.26. The molecule has 0 N–H and O–H groups in total. The van der Waals surface area contributed by atoms with E-state index in [1.807, 2.05) is 30.4 Å². The molecule has 1 saturated heterocycles. The van der Waals surface area contributed by atoms with Gasteiger partial charge in [0.2, 0.25) is 0 Å². The highest BCUT2D eigenvalue weighted by atomic mass is 16.6. The Morgan fingerprint density at radius 2 is 2.05 bits per heavy atom. The van der Waals surface area contributed by atoms with Crippen molar-refractivity contribution in [2.75, 3.05) is 26.7 Å². The smallest absolute Gasteiger partial charge is 0.410 e. The molecule has 0 aromatic carbocycles. The molecule has 1 aromatic rings. The van der Waals surface area contributed by atoms with Crippen molar-refractivity contribution in [1.29, 1.82) is 0 Å². The van der Waals surface area contributed by atoms with Gasteiger partial charge in [0.1, 0.15) is 18.3 Å². The maximum Gasteiger partial charge on any atom is 0.410 e. The average molecular weight is 309 g/mol. The fourth-order valence-corrected chi connectivity index (χ4v) is 2.61. The van der Waals surface area contributed by atoms with Crippen molar-refractivity contribution in [2.24, 2.45) is 0 Å². The number of amides is 1. The zero-order valence-corrected chi connectivity index (χ0v) is 14.0. The molecular formula is C15H27N5O2. The minimum atomic E-state index is -0.428. The van der Waals surface area contributed by atoms with Crippen LogP contribution in [0.2, 0.25) is 0 Å². The van der Waals surface area contributed by atoms with E-state index in [9.17, 15) is 4.79 Å². The molecule has 0 spiro atoms. The molecule has 7 nitrogen and oxygen atoms in total. The quantitative estimate of drug-likeness (QED) is 0.845. The first-order chi connectivity index (χ1) is 10.3. The summed E-state index contributed by atoms with van der Waals surface area (Å²) in [5, 5.41) is 4.11. The lowest BCUT2D eigenvalue weighted by molar-refractivity contribution is 0.0155. The molecular weight excluding hydrogens is 282 g/mol. The van der Waals surface area contributed by atoms with Crippen LogP contribution in [0.3, 0.4) is 0 Å². The molecule has 1 amide bonds. The number of aromatic nitrogens is 3. The SMILES string of the molecule is CN(CCn1cncn1)C1CCN(C(=O)OC(C)(C)C)CC1. The van der Waals surface area contributed by atoms with E-state index in [1.54, 1.807) is 12.7 Å². The first-order valence-electron chi connectivity index (χ1n) is 7.86. The van der Waals surface area contributed by atoms with Crippen molar-refractivity contribution >= 4 is 6.09 Å². The second-order valence-corrected chi connectivity index (χ2v) is 6.84. The summed E-state index contributed by atoms with van der Waals surface area (Å²) in [5.41, 5.74) is -0.428. The maximum atomic E-state index is 12.0. The van der Waals surface area contributed by atoms with Gasteiger partial charge in [0.05, 0.1) is 6.54 Å². The van der Waals surface area contributed by atoms with Crippen LogP contribution in [0.1, 0.15) is 33.6 Å². The molecule has 1 aromatic heterocycles. The second-order valence-electron chi connectivity index (χ2n) is 6.84. The van der Waals surface area contributed by atoms with E-state index >= 15 is 0 Å². The number of carbonyl (C=O) groups is 1. The monoisotopic (exact) mass is 309 g/mol. The Labute approximate surface area is 132 Å². The fraction of sp³-hybridized carbons (Fsp3) is 0.800. The molecule has 2 rings (SSSR count). The first-order valence-corrected chi connectivity index (χ1v) is 7.86. The van der Waals surface area contributed by atoms with Crippen LogP contribution in [-0.2, 0) is 11.3 Å². The summed E-state index contributed by atoms with van der Waals surface area (Å²) >= 11 is 0. The summed E-state index contributed by atoms with van der Waals surface area (Å²) in [4.78, 5) is 20.1. The fourth-order valence-electron chi connectivity index (χ4n) is 2.61. The van der Waals surface area contributed by atoms with Crippen molar-refractivity contribution in [3.05, 3.63) is 12.7 Å². The molecule has 1 aliphatic heterocycles. The number of hydrogen-bond donors (Lipinski definition) is 0. The van der Waals surface area contributed by atoms with Crippen LogP contribution in [0, 0.1) is 0 Å². The predicted octanol–water partition coefficient (Wildman–Crippen LogP) is 1.61. The molecule has 7 heteroatoms. The Morgan fingerprint density at radius 3 is 2.59 bits per heavy atom. The molecule has 2 heterocycles. The highest BCUT2D eigenvalue weighted by Gasteiger charge is 2.28. The molecule has 0 aliphatic carbocycles. The minimum Gasteiger partial charge on any atom is -0.444 e. The normalized spacial score (nSPS) is 17.0. The van der Waals surface area contributed by atoms with Crippen LogP contribution in [0.5, 0.6) is 0 Å². The average Bonchev–Trinajstić information content (AvgIpc) is 2.96. The van der Waals surface area contributed by atoms with Gasteiger partial charge in [-0.2, -0.15) is 5.10 Å². The Hall–Kier alpha value is -1.63. The number of ether oxygens (including phenoxy) is 1. The Kier molecular flexibility index (Phi) is 5.39. The van der Waals surface area contributed by atoms with Gasteiger partial charge in [-0.25, -0.2) is 9.78 Å². The maximum absolute atomic E-state index is 12.0. The molecule has 1 fully saturated rings. The van der Waals surface area contributed by atoms with Crippen LogP contribution < -0.4 is 0 Å². The molecule has 22 heavy (non-hydrogen) atoms. The number of carbonyl (C=O) groups excluding carboxylic acids is 1. The Bertz CT molecular complexity index is 461. The Balaban J connectivity index is 1.73. The van der Waals surface area contributed by atoms with Gasteiger partial charge in [0, 0.05) is 25.7 Å². The number of nitrogens with zero attached hydrogens (tertiary/aromatic N) is 5. The van der Waals surface area contributed by atoms with E-state index in [0.717, 1.165) is 39.0 Å². The van der Waals surface area contributed by atoms with Gasteiger partial charge in [0.15, 0.2) is 0 Å². The van der Waals surface area contributed by atoms with Gasteiger partial charge < -0.3 is 14.5 Å². The second kappa shape index (κ2) is 7.09. The third-order valence-corrected chi connectivity index (χ3v) is 3.89. The third-order valence-electron chi connectivity index (χ3n) is 3.89. The standard InChI is InChI=1S/C15H27N5O2/c1-15(2,3)22-14(21)19-7-5-13(6-8-19)18(4)9-10-20-12-16-11-17-20/h11-13H,5-10H2,1-4H3. The molecule has 0 radical (unpaired) electrons. The number of piperidine rings is 1. The molecule has 0 atom stereocenters. The van der Waals surface area contributed by atoms with E-state index in [0.29, 0.717) is 6.04 Å². The zero-order valence-electron chi connectivity index (χ0n) is 14.0. The van der Waals surface area contributed by atoms with E-state index in [1.165, 1.54) is 0 Å². The lowest BCUT2D eigenvalue weighted by Gasteiger charge is -2.37. The van der Waals surface area contributed by atoms with Gasteiger partial charge in [-0.1, -0.05) is 0 Å². The summed E-state index contributed by atoms with van der Waals surface area (Å²) in [6, 6.07) is 0.502. The van der Waals surface area contributed by atoms with E-state index in [2.05, 4.69) is 22.0 Å². The van der Waals surface area contributed by atoms with Crippen LogP contribution in [-0.4, -0.2) is 69.0 Å². The van der Waals surface area contributed by atoms with Gasteiger partial charge in [0.25, 0.3) is 0 Å². The lowest BCUT2D eigenvalue weighted by Crippen LogP contribution is -2.47. The van der Waals surface area contributed by atoms with Crippen molar-refractivity contribution in [1.82, 2.24) is 24.6 Å². The van der Waals surface area contributed by atoms with Gasteiger partial charge in [-0.3, -0.25) is 4.68 Å². The highest BCUT2D eigenvalue weighted by molar-refractivity contribution is 5.68.